The number of benzene rings is 1. The van der Waals surface area contributed by atoms with Crippen LogP contribution >= 0.6 is 15.9 Å². The molecule has 0 spiro atoms. The van der Waals surface area contributed by atoms with E-state index in [-0.39, 0.29) is 11.5 Å². The van der Waals surface area contributed by atoms with Crippen LogP contribution in [0.5, 0.6) is 0 Å². The van der Waals surface area contributed by atoms with Gasteiger partial charge in [0.15, 0.2) is 0 Å². The Labute approximate surface area is 106 Å². The molecule has 1 heterocycles. The molecule has 17 heavy (non-hydrogen) atoms. The predicted molar refractivity (Wildman–Crippen MR) is 64.6 cm³/mol. The lowest BCUT2D eigenvalue weighted by Gasteiger charge is -2.06. The number of hydrogen-bond acceptors (Lipinski definition) is 1. The zero-order valence-electron chi connectivity index (χ0n) is 8.73. The lowest BCUT2D eigenvalue weighted by atomic mass is 10.2. The number of carbonyl (C=O) groups is 1. The van der Waals surface area contributed by atoms with Crippen molar-refractivity contribution >= 4 is 21.9 Å². The van der Waals surface area contributed by atoms with E-state index in [1.54, 1.807) is 22.9 Å². The summed E-state index contributed by atoms with van der Waals surface area (Å²) in [5.74, 6) is -1.34. The van der Waals surface area contributed by atoms with E-state index >= 15 is 0 Å². The number of carboxylic acids is 1. The van der Waals surface area contributed by atoms with Crippen LogP contribution in [0.25, 0.3) is 0 Å². The van der Waals surface area contributed by atoms with Gasteiger partial charge in [-0.1, -0.05) is 12.1 Å². The van der Waals surface area contributed by atoms with E-state index in [4.69, 9.17) is 5.11 Å². The second-order valence-corrected chi connectivity index (χ2v) is 4.52. The Morgan fingerprint density at radius 2 is 2.18 bits per heavy atom. The summed E-state index contributed by atoms with van der Waals surface area (Å²) >= 11 is 3.22. The van der Waals surface area contributed by atoms with Crippen molar-refractivity contribution in [1.82, 2.24) is 4.57 Å². The monoisotopic (exact) mass is 297 g/mol. The molecule has 1 aromatic carbocycles. The molecule has 0 aliphatic carbocycles. The van der Waals surface area contributed by atoms with Crippen molar-refractivity contribution in [2.45, 2.75) is 6.54 Å². The van der Waals surface area contributed by atoms with E-state index in [0.717, 1.165) is 5.56 Å². The molecule has 0 aliphatic rings. The van der Waals surface area contributed by atoms with Gasteiger partial charge in [-0.15, -0.1) is 0 Å². The quantitative estimate of drug-likeness (QED) is 0.946. The van der Waals surface area contributed by atoms with Gasteiger partial charge >= 0.3 is 5.97 Å². The molecule has 0 fully saturated rings. The fraction of sp³-hybridized carbons (Fsp3) is 0.0833. The molecule has 2 aromatic rings. The van der Waals surface area contributed by atoms with Gasteiger partial charge in [-0.3, -0.25) is 0 Å². The van der Waals surface area contributed by atoms with Crippen LogP contribution < -0.4 is 0 Å². The first-order valence-electron chi connectivity index (χ1n) is 4.89. The maximum atomic E-state index is 13.0. The lowest BCUT2D eigenvalue weighted by Crippen LogP contribution is -2.08. The van der Waals surface area contributed by atoms with Crippen molar-refractivity contribution in [3.63, 3.8) is 0 Å². The Bertz CT molecular complexity index is 565. The van der Waals surface area contributed by atoms with Crippen molar-refractivity contribution in [2.75, 3.05) is 0 Å². The minimum Gasteiger partial charge on any atom is -0.477 e. The first-order chi connectivity index (χ1) is 8.06. The normalized spacial score (nSPS) is 10.5. The number of hydrogen-bond donors (Lipinski definition) is 1. The minimum absolute atomic E-state index is 0.168. The zero-order chi connectivity index (χ0) is 12.4. The molecule has 0 bridgehead atoms. The molecule has 88 valence electrons. The van der Waals surface area contributed by atoms with Gasteiger partial charge in [0.05, 0.1) is 0 Å². The van der Waals surface area contributed by atoms with Gasteiger partial charge < -0.3 is 9.67 Å². The van der Waals surface area contributed by atoms with Gasteiger partial charge in [0.2, 0.25) is 0 Å². The standard InChI is InChI=1S/C12H9BrFNO2/c13-9-5-11(12(16)17)15(7-9)6-8-2-1-3-10(14)4-8/h1-5,7H,6H2,(H,16,17). The number of nitrogens with zero attached hydrogens (tertiary/aromatic N) is 1. The van der Waals surface area contributed by atoms with Crippen molar-refractivity contribution in [1.29, 1.82) is 0 Å². The Balaban J connectivity index is 2.32. The Hall–Kier alpha value is -1.62. The highest BCUT2D eigenvalue weighted by Gasteiger charge is 2.11. The molecule has 3 nitrogen and oxygen atoms in total. The zero-order valence-corrected chi connectivity index (χ0v) is 10.3. The van der Waals surface area contributed by atoms with Gasteiger partial charge in [-0.25, -0.2) is 9.18 Å². The molecule has 0 radical (unpaired) electrons. The van der Waals surface area contributed by atoms with E-state index in [0.29, 0.717) is 11.0 Å². The molecule has 1 aromatic heterocycles. The van der Waals surface area contributed by atoms with Crippen LogP contribution in [-0.2, 0) is 6.54 Å². The molecular weight excluding hydrogens is 289 g/mol. The summed E-state index contributed by atoms with van der Waals surface area (Å²) in [5, 5.41) is 9.00. The van der Waals surface area contributed by atoms with Gasteiger partial charge in [-0.2, -0.15) is 0 Å². The average Bonchev–Trinajstić information content (AvgIpc) is 2.59. The highest BCUT2D eigenvalue weighted by Crippen LogP contribution is 2.17. The van der Waals surface area contributed by atoms with Crippen molar-refractivity contribution < 1.29 is 14.3 Å². The fourth-order valence-electron chi connectivity index (χ4n) is 1.62. The molecule has 0 aliphatic heterocycles. The van der Waals surface area contributed by atoms with E-state index in [1.165, 1.54) is 18.2 Å². The third kappa shape index (κ3) is 2.74. The van der Waals surface area contributed by atoms with Crippen LogP contribution in [0.1, 0.15) is 16.1 Å². The Morgan fingerprint density at radius 1 is 1.41 bits per heavy atom. The van der Waals surface area contributed by atoms with Crippen LogP contribution in [0.15, 0.2) is 41.0 Å². The summed E-state index contributed by atoms with van der Waals surface area (Å²) in [5.41, 5.74) is 0.886. The third-order valence-corrected chi connectivity index (χ3v) is 2.76. The summed E-state index contributed by atoms with van der Waals surface area (Å²) in [6.07, 6.45) is 1.66. The maximum absolute atomic E-state index is 13.0. The van der Waals surface area contributed by atoms with Crippen LogP contribution in [0.4, 0.5) is 4.39 Å². The SMILES string of the molecule is O=C(O)c1cc(Br)cn1Cc1cccc(F)c1. The fourth-order valence-corrected chi connectivity index (χ4v) is 2.08. The van der Waals surface area contributed by atoms with Crippen molar-refractivity contribution in [2.24, 2.45) is 0 Å². The molecular formula is C12H9BrFNO2. The highest BCUT2D eigenvalue weighted by molar-refractivity contribution is 9.10. The van der Waals surface area contributed by atoms with Gasteiger partial charge in [0.1, 0.15) is 11.5 Å². The third-order valence-electron chi connectivity index (χ3n) is 2.32. The number of carboxylic acid groups (broad SMARTS) is 1. The number of rotatable bonds is 3. The largest absolute Gasteiger partial charge is 0.477 e. The second kappa shape index (κ2) is 4.71. The first kappa shape index (κ1) is 11.9. The topological polar surface area (TPSA) is 42.2 Å². The minimum atomic E-state index is -1.01. The molecule has 1 N–H and O–H groups in total. The molecule has 0 amide bonds. The molecule has 0 saturated carbocycles. The van der Waals surface area contributed by atoms with Gasteiger partial charge in [0, 0.05) is 17.2 Å². The summed E-state index contributed by atoms with van der Waals surface area (Å²) in [7, 11) is 0. The Morgan fingerprint density at radius 3 is 2.82 bits per heavy atom. The highest BCUT2D eigenvalue weighted by atomic mass is 79.9. The molecule has 0 saturated heterocycles. The molecule has 0 unspecified atom stereocenters. The average molecular weight is 298 g/mol. The van der Waals surface area contributed by atoms with Crippen LogP contribution in [0, 0.1) is 5.82 Å². The van der Waals surface area contributed by atoms with Gasteiger partial charge in [0.25, 0.3) is 0 Å². The number of aromatic nitrogens is 1. The molecule has 0 atom stereocenters. The van der Waals surface area contributed by atoms with E-state index in [9.17, 15) is 9.18 Å². The van der Waals surface area contributed by atoms with Crippen LogP contribution in [-0.4, -0.2) is 15.6 Å². The maximum Gasteiger partial charge on any atom is 0.352 e. The smallest absolute Gasteiger partial charge is 0.352 e. The molecule has 5 heteroatoms. The van der Waals surface area contributed by atoms with Crippen molar-refractivity contribution in [3.05, 3.63) is 58.1 Å². The van der Waals surface area contributed by atoms with E-state index in [2.05, 4.69) is 15.9 Å². The molecule has 2 rings (SSSR count). The van der Waals surface area contributed by atoms with Crippen LogP contribution in [0.2, 0.25) is 0 Å². The lowest BCUT2D eigenvalue weighted by molar-refractivity contribution is 0.0685. The second-order valence-electron chi connectivity index (χ2n) is 3.61. The Kier molecular flexibility index (Phi) is 3.28. The van der Waals surface area contributed by atoms with E-state index < -0.39 is 5.97 Å². The summed E-state index contributed by atoms with van der Waals surface area (Å²) in [6.45, 7) is 0.324. The summed E-state index contributed by atoms with van der Waals surface area (Å²) in [4.78, 5) is 11.0. The summed E-state index contributed by atoms with van der Waals surface area (Å²) < 4.78 is 15.2. The van der Waals surface area contributed by atoms with Crippen LogP contribution in [0.3, 0.4) is 0 Å². The van der Waals surface area contributed by atoms with Gasteiger partial charge in [-0.05, 0) is 39.7 Å². The van der Waals surface area contributed by atoms with Crippen molar-refractivity contribution in [3.8, 4) is 0 Å². The number of halogens is 2. The van der Waals surface area contributed by atoms with E-state index in [1.807, 2.05) is 0 Å². The predicted octanol–water partition coefficient (Wildman–Crippen LogP) is 3.14. The number of aromatic carboxylic acids is 1. The first-order valence-corrected chi connectivity index (χ1v) is 5.69. The summed E-state index contributed by atoms with van der Waals surface area (Å²) in [6, 6.07) is 7.61.